The Morgan fingerprint density at radius 2 is 1.22 bits per heavy atom. The first-order valence-electron chi connectivity index (χ1n) is 5.14. The van der Waals surface area contributed by atoms with Crippen molar-refractivity contribution in [3.63, 3.8) is 0 Å². The second-order valence-corrected chi connectivity index (χ2v) is 13.2. The molecule has 0 aliphatic heterocycles. The molecule has 0 atom stereocenters. The molecular formula is C8H12N6S2Se2. The summed E-state index contributed by atoms with van der Waals surface area (Å²) in [5.74, 6) is 0. The molecule has 0 aromatic carbocycles. The van der Waals surface area contributed by atoms with Crippen molar-refractivity contribution in [1.29, 1.82) is 0 Å². The van der Waals surface area contributed by atoms with Gasteiger partial charge in [-0.1, -0.05) is 0 Å². The van der Waals surface area contributed by atoms with Crippen molar-refractivity contribution < 1.29 is 0 Å². The first-order chi connectivity index (χ1) is 8.74. The van der Waals surface area contributed by atoms with Crippen LogP contribution in [0.5, 0.6) is 0 Å². The van der Waals surface area contributed by atoms with Crippen LogP contribution in [0.15, 0.2) is 0 Å². The van der Waals surface area contributed by atoms with Crippen molar-refractivity contribution >= 4 is 59.2 Å². The van der Waals surface area contributed by atoms with E-state index in [1.807, 2.05) is 0 Å². The van der Waals surface area contributed by atoms with Gasteiger partial charge in [-0.2, -0.15) is 0 Å². The first kappa shape index (κ1) is 14.2. The molecule has 2 heterocycles. The van der Waals surface area contributed by atoms with Gasteiger partial charge in [-0.05, 0) is 0 Å². The van der Waals surface area contributed by atoms with Gasteiger partial charge in [-0.25, -0.2) is 0 Å². The van der Waals surface area contributed by atoms with Crippen LogP contribution in [0.2, 0.25) is 10.6 Å². The number of hydrogen-bond acceptors (Lipinski definition) is 8. The predicted molar refractivity (Wildman–Crippen MR) is 77.2 cm³/mol. The zero-order valence-electron chi connectivity index (χ0n) is 9.40. The maximum absolute atomic E-state index is 5.53. The fourth-order valence-electron chi connectivity index (χ4n) is 1.11. The summed E-state index contributed by atoms with van der Waals surface area (Å²) >= 11 is 4.41. The predicted octanol–water partition coefficient (Wildman–Crippen LogP) is 0.499. The molecule has 98 valence electrons. The summed E-state index contributed by atoms with van der Waals surface area (Å²) in [6.07, 6.45) is 2.03. The molecule has 2 aromatic rings. The molecule has 0 aliphatic carbocycles. The Morgan fingerprint density at radius 3 is 1.56 bits per heavy atom. The molecular weight excluding hydrogens is 402 g/mol. The van der Waals surface area contributed by atoms with Gasteiger partial charge in [0.1, 0.15) is 0 Å². The van der Waals surface area contributed by atoms with E-state index in [-0.39, 0.29) is 0 Å². The monoisotopic (exact) mass is 416 g/mol. The Labute approximate surface area is 124 Å². The molecule has 0 bridgehead atoms. The number of rotatable bonds is 7. The van der Waals surface area contributed by atoms with Gasteiger partial charge < -0.3 is 0 Å². The molecule has 2 rings (SSSR count). The summed E-state index contributed by atoms with van der Waals surface area (Å²) in [5.41, 5.74) is 11.1. The molecule has 10 heteroatoms. The van der Waals surface area contributed by atoms with Crippen LogP contribution in [-0.4, -0.2) is 46.7 Å². The summed E-state index contributed by atoms with van der Waals surface area (Å²) in [6, 6.07) is 0. The molecule has 2 aromatic heterocycles. The van der Waals surface area contributed by atoms with Crippen LogP contribution in [-0.2, 0) is 12.8 Å². The summed E-state index contributed by atoms with van der Waals surface area (Å²) in [6.45, 7) is 0. The molecule has 0 spiro atoms. The van der Waals surface area contributed by atoms with Gasteiger partial charge in [-0.15, -0.1) is 0 Å². The molecule has 6 nitrogen and oxygen atoms in total. The van der Waals surface area contributed by atoms with E-state index in [2.05, 4.69) is 20.4 Å². The van der Waals surface area contributed by atoms with E-state index in [1.165, 1.54) is 33.3 Å². The first-order valence-corrected chi connectivity index (χ1v) is 13.5. The van der Waals surface area contributed by atoms with Crippen molar-refractivity contribution in [3.8, 4) is 0 Å². The Morgan fingerprint density at radius 1 is 0.778 bits per heavy atom. The Kier molecular flexibility index (Phi) is 5.81. The van der Waals surface area contributed by atoms with Gasteiger partial charge >= 0.3 is 125 Å². The third-order valence-electron chi connectivity index (χ3n) is 1.85. The van der Waals surface area contributed by atoms with Gasteiger partial charge in [0.2, 0.25) is 0 Å². The summed E-state index contributed by atoms with van der Waals surface area (Å²) < 4.78 is 0. The third-order valence-corrected chi connectivity index (χ3v) is 10.8. The average molecular weight is 414 g/mol. The van der Waals surface area contributed by atoms with E-state index in [0.717, 1.165) is 22.9 Å². The third kappa shape index (κ3) is 4.79. The zero-order chi connectivity index (χ0) is 12.8. The van der Waals surface area contributed by atoms with E-state index in [1.54, 1.807) is 0 Å². The molecule has 0 saturated carbocycles. The summed E-state index contributed by atoms with van der Waals surface area (Å²) in [4.78, 5) is 0. The molecule has 0 radical (unpaired) electrons. The van der Waals surface area contributed by atoms with Crippen LogP contribution < -0.4 is 11.5 Å². The molecule has 0 saturated heterocycles. The van der Waals surface area contributed by atoms with E-state index >= 15 is 0 Å². The van der Waals surface area contributed by atoms with Crippen molar-refractivity contribution in [3.05, 3.63) is 10.0 Å². The number of aromatic nitrogens is 4. The van der Waals surface area contributed by atoms with Crippen molar-refractivity contribution in [2.75, 3.05) is 11.5 Å². The molecule has 0 aliphatic rings. The number of aryl methyl sites for hydroxylation is 2. The molecule has 0 amide bonds. The van der Waals surface area contributed by atoms with E-state index in [0.29, 0.717) is 36.5 Å². The molecule has 0 fully saturated rings. The van der Waals surface area contributed by atoms with E-state index < -0.39 is 0 Å². The number of nitrogens with zero attached hydrogens (tertiary/aromatic N) is 4. The SMILES string of the molecule is Nc1nnc(CC[Se][Se]CCc2nnc(N)s2)s1. The molecule has 0 unspecified atom stereocenters. The zero-order valence-corrected chi connectivity index (χ0v) is 14.5. The fraction of sp³-hybridized carbons (Fsp3) is 0.500. The van der Waals surface area contributed by atoms with Crippen molar-refractivity contribution in [2.24, 2.45) is 0 Å². The molecule has 4 N–H and O–H groups in total. The van der Waals surface area contributed by atoms with Gasteiger partial charge in [0.05, 0.1) is 0 Å². The van der Waals surface area contributed by atoms with Gasteiger partial charge in [-0.3, -0.25) is 0 Å². The second kappa shape index (κ2) is 7.37. The molecule has 18 heavy (non-hydrogen) atoms. The quantitative estimate of drug-likeness (QED) is 0.505. The van der Waals surface area contributed by atoms with Gasteiger partial charge in [0, 0.05) is 0 Å². The number of nitrogens with two attached hydrogens (primary N) is 2. The van der Waals surface area contributed by atoms with Crippen LogP contribution in [0, 0.1) is 0 Å². The van der Waals surface area contributed by atoms with Crippen LogP contribution in [0.25, 0.3) is 0 Å². The van der Waals surface area contributed by atoms with E-state index in [4.69, 9.17) is 11.5 Å². The normalized spacial score (nSPS) is 10.9. The van der Waals surface area contributed by atoms with Crippen molar-refractivity contribution in [2.45, 2.75) is 23.5 Å². The van der Waals surface area contributed by atoms with Crippen LogP contribution >= 0.6 is 22.7 Å². The second-order valence-electron chi connectivity index (χ2n) is 3.21. The standard InChI is InChI=1S/C8H12N6S2Se2/c9-7-13-11-5(15-7)1-3-17-18-4-2-6-12-14-8(10)16-6/h1-4H2,(H2,9,13)(H2,10,14). The van der Waals surface area contributed by atoms with Crippen LogP contribution in [0.4, 0.5) is 10.3 Å². The average Bonchev–Trinajstić information content (AvgIpc) is 2.93. The van der Waals surface area contributed by atoms with Crippen LogP contribution in [0.3, 0.4) is 0 Å². The van der Waals surface area contributed by atoms with Crippen LogP contribution in [0.1, 0.15) is 10.0 Å². The number of hydrogen-bond donors (Lipinski definition) is 2. The van der Waals surface area contributed by atoms with Gasteiger partial charge in [0.25, 0.3) is 0 Å². The topological polar surface area (TPSA) is 104 Å². The summed E-state index contributed by atoms with van der Waals surface area (Å²) in [5, 5.41) is 21.3. The summed E-state index contributed by atoms with van der Waals surface area (Å²) in [7, 11) is 0. The Hall–Kier alpha value is -0.241. The Bertz CT molecular complexity index is 443. The maximum atomic E-state index is 5.53. The van der Waals surface area contributed by atoms with E-state index in [9.17, 15) is 0 Å². The van der Waals surface area contributed by atoms with Gasteiger partial charge in [0.15, 0.2) is 0 Å². The number of nitrogen functional groups attached to an aromatic ring is 2. The Balaban J connectivity index is 1.54. The number of anilines is 2. The minimum atomic E-state index is 0.567. The van der Waals surface area contributed by atoms with Crippen molar-refractivity contribution in [1.82, 2.24) is 20.4 Å². The minimum absolute atomic E-state index is 0.567. The fourth-order valence-corrected chi connectivity index (χ4v) is 8.95.